The maximum absolute atomic E-state index is 12.0. The molecule has 17 heavy (non-hydrogen) atoms. The van der Waals surface area contributed by atoms with Gasteiger partial charge in [-0.05, 0) is 31.1 Å². The molecule has 0 bridgehead atoms. The molecule has 2 fully saturated rings. The molecule has 2 amide bonds. The predicted molar refractivity (Wildman–Crippen MR) is 57.7 cm³/mol. The van der Waals surface area contributed by atoms with Gasteiger partial charge in [0, 0.05) is 5.92 Å². The molecule has 6 nitrogen and oxygen atoms in total. The zero-order valence-electron chi connectivity index (χ0n) is 9.46. The molecule has 0 aromatic heterocycles. The van der Waals surface area contributed by atoms with Gasteiger partial charge >= 0.3 is 5.97 Å². The van der Waals surface area contributed by atoms with Crippen LogP contribution in [0.3, 0.4) is 0 Å². The summed E-state index contributed by atoms with van der Waals surface area (Å²) in [5.41, 5.74) is 5.02. The van der Waals surface area contributed by atoms with Crippen molar-refractivity contribution in [3.8, 4) is 0 Å². The van der Waals surface area contributed by atoms with E-state index in [1.165, 1.54) is 6.42 Å². The summed E-state index contributed by atoms with van der Waals surface area (Å²) in [4.78, 5) is 34.5. The molecule has 2 atom stereocenters. The van der Waals surface area contributed by atoms with Crippen molar-refractivity contribution in [3.05, 3.63) is 0 Å². The van der Waals surface area contributed by atoms with E-state index in [2.05, 4.69) is 0 Å². The molecule has 94 valence electrons. The Labute approximate surface area is 98.8 Å². The first kappa shape index (κ1) is 11.9. The number of carboxylic acids is 1. The van der Waals surface area contributed by atoms with E-state index in [9.17, 15) is 14.4 Å². The Bertz CT molecular complexity index is 342. The molecule has 0 saturated heterocycles. The van der Waals surface area contributed by atoms with Gasteiger partial charge < -0.3 is 15.7 Å². The maximum atomic E-state index is 12.0. The van der Waals surface area contributed by atoms with Crippen LogP contribution in [0, 0.1) is 17.8 Å². The van der Waals surface area contributed by atoms with E-state index in [1.54, 1.807) is 0 Å². The van der Waals surface area contributed by atoms with Crippen LogP contribution in [-0.2, 0) is 14.4 Å². The number of nitrogens with zero attached hydrogens (tertiary/aromatic N) is 1. The van der Waals surface area contributed by atoms with E-state index >= 15 is 0 Å². The Hall–Kier alpha value is -1.59. The molecule has 2 rings (SSSR count). The molecular weight excluding hydrogens is 224 g/mol. The van der Waals surface area contributed by atoms with E-state index in [0.717, 1.165) is 17.7 Å². The lowest BCUT2D eigenvalue weighted by atomic mass is 10.0. The summed E-state index contributed by atoms with van der Waals surface area (Å²) in [5, 5.41) is 8.70. The largest absolute Gasteiger partial charge is 0.480 e. The van der Waals surface area contributed by atoms with Crippen molar-refractivity contribution in [2.24, 2.45) is 23.5 Å². The molecule has 0 spiro atoms. The number of hydrogen-bond acceptors (Lipinski definition) is 3. The van der Waals surface area contributed by atoms with Crippen LogP contribution in [-0.4, -0.2) is 40.9 Å². The Morgan fingerprint density at radius 3 is 2.18 bits per heavy atom. The minimum Gasteiger partial charge on any atom is -0.480 e. The van der Waals surface area contributed by atoms with Gasteiger partial charge in [-0.25, -0.2) is 0 Å². The number of carbonyl (C=O) groups excluding carboxylic acids is 2. The average molecular weight is 240 g/mol. The van der Waals surface area contributed by atoms with Crippen molar-refractivity contribution in [3.63, 3.8) is 0 Å². The van der Waals surface area contributed by atoms with Gasteiger partial charge in [0.1, 0.15) is 6.54 Å². The molecule has 0 heterocycles. The number of carbonyl (C=O) groups is 3. The molecule has 0 aromatic carbocycles. The van der Waals surface area contributed by atoms with E-state index in [0.29, 0.717) is 11.8 Å². The molecule has 0 aromatic rings. The standard InChI is InChI=1S/C11H16N2O4/c12-9(14)4-13(5-10(15)16)11(17)8-2-6-1-7(6)3-8/h6-8H,1-5H2,(H2,12,14)(H,15,16). The molecule has 3 N–H and O–H groups in total. The highest BCUT2D eigenvalue weighted by Crippen LogP contribution is 2.54. The lowest BCUT2D eigenvalue weighted by Gasteiger charge is -2.23. The number of hydrogen-bond donors (Lipinski definition) is 2. The Morgan fingerprint density at radius 2 is 1.71 bits per heavy atom. The van der Waals surface area contributed by atoms with Crippen molar-refractivity contribution in [2.75, 3.05) is 13.1 Å². The fourth-order valence-corrected chi connectivity index (χ4v) is 2.74. The van der Waals surface area contributed by atoms with Crippen molar-refractivity contribution < 1.29 is 19.5 Å². The first-order chi connectivity index (χ1) is 7.97. The third kappa shape index (κ3) is 2.75. The molecule has 0 aliphatic heterocycles. The fourth-order valence-electron chi connectivity index (χ4n) is 2.74. The minimum atomic E-state index is -1.12. The van der Waals surface area contributed by atoms with Crippen LogP contribution < -0.4 is 5.73 Å². The van der Waals surface area contributed by atoms with Gasteiger partial charge in [-0.1, -0.05) is 0 Å². The quantitative estimate of drug-likeness (QED) is 0.672. The highest BCUT2D eigenvalue weighted by molar-refractivity contribution is 5.88. The van der Waals surface area contributed by atoms with Gasteiger partial charge in [0.15, 0.2) is 0 Å². The molecular formula is C11H16N2O4. The SMILES string of the molecule is NC(=O)CN(CC(=O)O)C(=O)C1CC2CC2C1. The van der Waals surface area contributed by atoms with Crippen LogP contribution in [0.25, 0.3) is 0 Å². The maximum Gasteiger partial charge on any atom is 0.323 e. The summed E-state index contributed by atoms with van der Waals surface area (Å²) >= 11 is 0. The highest BCUT2D eigenvalue weighted by Gasteiger charge is 2.48. The van der Waals surface area contributed by atoms with Gasteiger partial charge in [0.05, 0.1) is 6.54 Å². The van der Waals surface area contributed by atoms with Crippen LogP contribution in [0.4, 0.5) is 0 Å². The van der Waals surface area contributed by atoms with Crippen molar-refractivity contribution in [1.82, 2.24) is 4.90 Å². The summed E-state index contributed by atoms with van der Waals surface area (Å²) < 4.78 is 0. The van der Waals surface area contributed by atoms with E-state index in [1.807, 2.05) is 0 Å². The van der Waals surface area contributed by atoms with Gasteiger partial charge in [0.2, 0.25) is 11.8 Å². The highest BCUT2D eigenvalue weighted by atomic mass is 16.4. The van der Waals surface area contributed by atoms with Crippen molar-refractivity contribution in [1.29, 1.82) is 0 Å². The average Bonchev–Trinajstić information content (AvgIpc) is 2.82. The van der Waals surface area contributed by atoms with Crippen LogP contribution in [0.15, 0.2) is 0 Å². The number of rotatable bonds is 5. The Morgan fingerprint density at radius 1 is 1.12 bits per heavy atom. The number of fused-ring (bicyclic) bond motifs is 1. The second kappa shape index (κ2) is 4.35. The van der Waals surface area contributed by atoms with Crippen LogP contribution in [0.1, 0.15) is 19.3 Å². The topological polar surface area (TPSA) is 101 Å². The smallest absolute Gasteiger partial charge is 0.323 e. The van der Waals surface area contributed by atoms with E-state index in [4.69, 9.17) is 10.8 Å². The summed E-state index contributed by atoms with van der Waals surface area (Å²) in [7, 11) is 0. The van der Waals surface area contributed by atoms with Crippen LogP contribution in [0.5, 0.6) is 0 Å². The first-order valence-corrected chi connectivity index (χ1v) is 5.76. The normalized spacial score (nSPS) is 29.5. The molecule has 2 aliphatic rings. The molecule has 2 saturated carbocycles. The van der Waals surface area contributed by atoms with E-state index in [-0.39, 0.29) is 18.4 Å². The molecule has 6 heteroatoms. The van der Waals surface area contributed by atoms with Crippen molar-refractivity contribution >= 4 is 17.8 Å². The van der Waals surface area contributed by atoms with Gasteiger partial charge in [-0.15, -0.1) is 0 Å². The van der Waals surface area contributed by atoms with Crippen LogP contribution >= 0.6 is 0 Å². The Kier molecular flexibility index (Phi) is 3.04. The third-order valence-corrected chi connectivity index (χ3v) is 3.58. The second-order valence-corrected chi connectivity index (χ2v) is 4.98. The summed E-state index contributed by atoms with van der Waals surface area (Å²) in [6, 6.07) is 0. The number of nitrogens with two attached hydrogens (primary N) is 1. The monoisotopic (exact) mass is 240 g/mol. The zero-order valence-corrected chi connectivity index (χ0v) is 9.46. The van der Waals surface area contributed by atoms with Gasteiger partial charge in [-0.3, -0.25) is 14.4 Å². The lowest BCUT2D eigenvalue weighted by molar-refractivity contribution is -0.147. The second-order valence-electron chi connectivity index (χ2n) is 4.98. The lowest BCUT2D eigenvalue weighted by Crippen LogP contribution is -2.44. The van der Waals surface area contributed by atoms with Gasteiger partial charge in [-0.2, -0.15) is 0 Å². The Balaban J connectivity index is 1.95. The number of amides is 2. The van der Waals surface area contributed by atoms with Crippen LogP contribution in [0.2, 0.25) is 0 Å². The summed E-state index contributed by atoms with van der Waals surface area (Å²) in [5.74, 6) is -0.866. The molecule has 2 unspecified atom stereocenters. The van der Waals surface area contributed by atoms with Crippen molar-refractivity contribution in [2.45, 2.75) is 19.3 Å². The summed E-state index contributed by atoms with van der Waals surface area (Å²) in [6.45, 7) is -0.759. The molecule has 0 radical (unpaired) electrons. The van der Waals surface area contributed by atoms with E-state index < -0.39 is 18.4 Å². The first-order valence-electron chi connectivity index (χ1n) is 5.76. The predicted octanol–water partition coefficient (Wildman–Crippen LogP) is -0.569. The number of carboxylic acid groups (broad SMARTS) is 1. The van der Waals surface area contributed by atoms with Gasteiger partial charge in [0.25, 0.3) is 0 Å². The molecule has 2 aliphatic carbocycles. The zero-order chi connectivity index (χ0) is 12.6. The summed E-state index contributed by atoms with van der Waals surface area (Å²) in [6.07, 6.45) is 2.86. The number of primary amides is 1. The third-order valence-electron chi connectivity index (χ3n) is 3.58. The minimum absolute atomic E-state index is 0.113. The fraction of sp³-hybridized carbons (Fsp3) is 0.727. The number of aliphatic carboxylic acids is 1.